The summed E-state index contributed by atoms with van der Waals surface area (Å²) in [5.74, 6) is 0.902. The minimum atomic E-state index is 0.218. The van der Waals surface area contributed by atoms with Gasteiger partial charge in [0.05, 0.1) is 5.69 Å². The number of nitrogens with zero attached hydrogens (tertiary/aromatic N) is 2. The number of nitrogens with two attached hydrogens (primary N) is 1. The molecule has 0 spiro atoms. The fourth-order valence-electron chi connectivity index (χ4n) is 1.63. The monoisotopic (exact) mass is 249 g/mol. The summed E-state index contributed by atoms with van der Waals surface area (Å²) in [6, 6.07) is 10.0. The molecular formula is C13H19N3S. The summed E-state index contributed by atoms with van der Waals surface area (Å²) in [7, 11) is 0. The fraction of sp³-hybridized carbons (Fsp3) is 0.385. The van der Waals surface area contributed by atoms with Crippen LogP contribution in [0.2, 0.25) is 0 Å². The van der Waals surface area contributed by atoms with Crippen molar-refractivity contribution < 1.29 is 0 Å². The number of aliphatic imine (C=N–C) groups is 1. The number of thiocarbonyl (C=S) groups is 1. The zero-order valence-electron chi connectivity index (χ0n) is 10.6. The van der Waals surface area contributed by atoms with Crippen LogP contribution in [0, 0.1) is 0 Å². The van der Waals surface area contributed by atoms with Gasteiger partial charge in [-0.2, -0.15) is 0 Å². The van der Waals surface area contributed by atoms with Gasteiger partial charge in [0.15, 0.2) is 5.11 Å². The smallest absolute Gasteiger partial charge is 0.171 e. The molecule has 1 aromatic carbocycles. The lowest BCUT2D eigenvalue weighted by Gasteiger charge is -2.27. The summed E-state index contributed by atoms with van der Waals surface area (Å²) in [4.78, 5) is 6.49. The highest BCUT2D eigenvalue weighted by Crippen LogP contribution is 2.14. The predicted octanol–water partition coefficient (Wildman–Crippen LogP) is 3.08. The van der Waals surface area contributed by atoms with E-state index < -0.39 is 0 Å². The first kappa shape index (κ1) is 13.6. The van der Waals surface area contributed by atoms with Crippen LogP contribution in [0.3, 0.4) is 0 Å². The topological polar surface area (TPSA) is 41.6 Å². The molecule has 0 aliphatic rings. The molecule has 0 heterocycles. The quantitative estimate of drug-likeness (QED) is 0.508. The van der Waals surface area contributed by atoms with E-state index in [4.69, 9.17) is 18.0 Å². The summed E-state index contributed by atoms with van der Waals surface area (Å²) in [5.41, 5.74) is 6.67. The molecule has 0 bridgehead atoms. The van der Waals surface area contributed by atoms with Crippen LogP contribution in [0.4, 0.5) is 5.69 Å². The molecular weight excluding hydrogens is 230 g/mol. The van der Waals surface area contributed by atoms with E-state index in [1.165, 1.54) is 0 Å². The Morgan fingerprint density at radius 2 is 1.94 bits per heavy atom. The van der Waals surface area contributed by atoms with Gasteiger partial charge in [-0.3, -0.25) is 0 Å². The first-order valence-electron chi connectivity index (χ1n) is 5.77. The van der Waals surface area contributed by atoms with E-state index in [0.717, 1.165) is 17.9 Å². The van der Waals surface area contributed by atoms with Gasteiger partial charge in [0, 0.05) is 12.5 Å². The van der Waals surface area contributed by atoms with Crippen molar-refractivity contribution in [2.24, 2.45) is 10.7 Å². The second-order valence-corrected chi connectivity index (χ2v) is 4.44. The molecule has 0 amide bonds. The molecule has 0 saturated carbocycles. The molecule has 92 valence electrons. The van der Waals surface area contributed by atoms with Gasteiger partial charge in [-0.1, -0.05) is 25.1 Å². The molecule has 1 rings (SSSR count). The van der Waals surface area contributed by atoms with E-state index in [9.17, 15) is 0 Å². The Bertz CT molecular complexity index is 398. The molecule has 1 aromatic rings. The standard InChI is InChI=1S/C13H19N3S/c1-4-12(16(10(2)3)13(14)17)15-11-8-6-5-7-9-11/h5-10H,4H2,1-3H3,(H2,14,17). The van der Waals surface area contributed by atoms with Crippen molar-refractivity contribution in [1.82, 2.24) is 4.90 Å². The first-order valence-corrected chi connectivity index (χ1v) is 6.18. The van der Waals surface area contributed by atoms with Crippen LogP contribution in [-0.4, -0.2) is 21.9 Å². The summed E-state index contributed by atoms with van der Waals surface area (Å²) >= 11 is 5.07. The van der Waals surface area contributed by atoms with Crippen LogP contribution in [0.5, 0.6) is 0 Å². The van der Waals surface area contributed by atoms with Crippen LogP contribution in [0.25, 0.3) is 0 Å². The van der Waals surface area contributed by atoms with E-state index in [0.29, 0.717) is 5.11 Å². The Morgan fingerprint density at radius 3 is 2.35 bits per heavy atom. The maximum atomic E-state index is 5.74. The summed E-state index contributed by atoms with van der Waals surface area (Å²) < 4.78 is 0. The predicted molar refractivity (Wildman–Crippen MR) is 77.6 cm³/mol. The van der Waals surface area contributed by atoms with E-state index in [1.54, 1.807) is 0 Å². The molecule has 0 aromatic heterocycles. The van der Waals surface area contributed by atoms with Crippen LogP contribution in [0.1, 0.15) is 27.2 Å². The van der Waals surface area contributed by atoms with Gasteiger partial charge in [0.25, 0.3) is 0 Å². The Morgan fingerprint density at radius 1 is 1.35 bits per heavy atom. The maximum absolute atomic E-state index is 5.74. The number of rotatable bonds is 3. The molecule has 4 heteroatoms. The third kappa shape index (κ3) is 3.82. The Balaban J connectivity index is 3.05. The SMILES string of the molecule is CCC(=Nc1ccccc1)N(C(N)=S)C(C)C. The second kappa shape index (κ2) is 6.35. The molecule has 0 fully saturated rings. The van der Waals surface area contributed by atoms with E-state index >= 15 is 0 Å². The molecule has 17 heavy (non-hydrogen) atoms. The lowest BCUT2D eigenvalue weighted by Crippen LogP contribution is -2.44. The molecule has 0 aliphatic heterocycles. The Labute approximate surface area is 108 Å². The summed E-state index contributed by atoms with van der Waals surface area (Å²) in [6.45, 7) is 6.15. The van der Waals surface area contributed by atoms with E-state index in [-0.39, 0.29) is 6.04 Å². The molecule has 0 aliphatic carbocycles. The zero-order valence-corrected chi connectivity index (χ0v) is 11.4. The molecule has 0 saturated heterocycles. The lowest BCUT2D eigenvalue weighted by molar-refractivity contribution is 0.495. The van der Waals surface area contributed by atoms with Gasteiger partial charge >= 0.3 is 0 Å². The van der Waals surface area contributed by atoms with Crippen molar-refractivity contribution >= 4 is 28.9 Å². The highest BCUT2D eigenvalue weighted by Gasteiger charge is 2.15. The highest BCUT2D eigenvalue weighted by molar-refractivity contribution is 7.80. The minimum absolute atomic E-state index is 0.218. The van der Waals surface area contributed by atoms with Crippen LogP contribution < -0.4 is 5.73 Å². The van der Waals surface area contributed by atoms with Gasteiger partial charge in [0.2, 0.25) is 0 Å². The minimum Gasteiger partial charge on any atom is -0.376 e. The Hall–Kier alpha value is -1.42. The zero-order chi connectivity index (χ0) is 12.8. The lowest BCUT2D eigenvalue weighted by atomic mass is 10.2. The van der Waals surface area contributed by atoms with E-state index in [1.807, 2.05) is 35.2 Å². The van der Waals surface area contributed by atoms with Gasteiger partial charge in [-0.15, -0.1) is 0 Å². The molecule has 0 atom stereocenters. The van der Waals surface area contributed by atoms with Crippen molar-refractivity contribution in [2.75, 3.05) is 0 Å². The van der Waals surface area contributed by atoms with Gasteiger partial charge in [0.1, 0.15) is 5.84 Å². The molecule has 0 radical (unpaired) electrons. The molecule has 2 N–H and O–H groups in total. The number of hydrogen-bond acceptors (Lipinski definition) is 2. The summed E-state index contributed by atoms with van der Waals surface area (Å²) in [6.07, 6.45) is 0.796. The number of benzene rings is 1. The van der Waals surface area contributed by atoms with Crippen molar-refractivity contribution in [3.8, 4) is 0 Å². The average molecular weight is 249 g/mol. The largest absolute Gasteiger partial charge is 0.376 e. The second-order valence-electron chi connectivity index (χ2n) is 4.02. The van der Waals surface area contributed by atoms with Crippen LogP contribution >= 0.6 is 12.2 Å². The van der Waals surface area contributed by atoms with Crippen LogP contribution in [0.15, 0.2) is 35.3 Å². The van der Waals surface area contributed by atoms with Crippen molar-refractivity contribution in [1.29, 1.82) is 0 Å². The fourth-order valence-corrected chi connectivity index (χ4v) is 1.95. The van der Waals surface area contributed by atoms with Gasteiger partial charge in [-0.05, 0) is 38.2 Å². The highest BCUT2D eigenvalue weighted by atomic mass is 32.1. The van der Waals surface area contributed by atoms with Crippen LogP contribution in [-0.2, 0) is 0 Å². The number of hydrogen-bond donors (Lipinski definition) is 1. The summed E-state index contributed by atoms with van der Waals surface area (Å²) in [5, 5.41) is 0.372. The third-order valence-corrected chi connectivity index (χ3v) is 2.56. The molecule has 0 unspecified atom stereocenters. The number of para-hydroxylation sites is 1. The third-order valence-electron chi connectivity index (χ3n) is 2.36. The normalized spacial score (nSPS) is 11.6. The van der Waals surface area contributed by atoms with Crippen molar-refractivity contribution in [3.63, 3.8) is 0 Å². The van der Waals surface area contributed by atoms with E-state index in [2.05, 4.69) is 25.8 Å². The average Bonchev–Trinajstić information content (AvgIpc) is 2.28. The van der Waals surface area contributed by atoms with Crippen molar-refractivity contribution in [2.45, 2.75) is 33.2 Å². The van der Waals surface area contributed by atoms with Gasteiger partial charge < -0.3 is 10.6 Å². The molecule has 3 nitrogen and oxygen atoms in total. The van der Waals surface area contributed by atoms with Gasteiger partial charge in [-0.25, -0.2) is 4.99 Å². The van der Waals surface area contributed by atoms with Crippen molar-refractivity contribution in [3.05, 3.63) is 30.3 Å². The Kier molecular flexibility index (Phi) is 5.10. The first-order chi connectivity index (χ1) is 8.06. The maximum Gasteiger partial charge on any atom is 0.171 e. The number of amidine groups is 1.